The molecule has 0 unspecified atom stereocenters. The van der Waals surface area contributed by atoms with E-state index in [4.69, 9.17) is 11.6 Å². The molecule has 1 atom stereocenters. The number of aliphatic hydroxyl groups is 1. The highest BCUT2D eigenvalue weighted by Crippen LogP contribution is 2.40. The van der Waals surface area contributed by atoms with Crippen LogP contribution in [0.5, 0.6) is 5.75 Å². The Labute approximate surface area is 218 Å². The van der Waals surface area contributed by atoms with Gasteiger partial charge in [0.15, 0.2) is 0 Å². The molecule has 1 aromatic heterocycles. The lowest BCUT2D eigenvalue weighted by Crippen LogP contribution is -2.54. The fraction of sp³-hybridized carbons (Fsp3) is 0.480. The molecule has 1 aliphatic heterocycles. The molecule has 12 heteroatoms. The standard InChI is InChI=1S/C25H30ClF3N4O4/c1-32(2)22(35)19-8-9-20(31-21(19)26)33-13-10-16(11-14-33)5-4-12-30-23(36)24(37,25(27,28)29)17-6-3-7-18(34)15-17/h3,6-9,15-16,34,37H,4-5,10-14H2,1-2H3,(H,30,36)/t24-/m1/s1. The molecule has 0 aliphatic carbocycles. The maximum absolute atomic E-state index is 13.6. The predicted octanol–water partition coefficient (Wildman–Crippen LogP) is 3.71. The lowest BCUT2D eigenvalue weighted by molar-refractivity contribution is -0.257. The van der Waals surface area contributed by atoms with Gasteiger partial charge < -0.3 is 25.3 Å². The fourth-order valence-corrected chi connectivity index (χ4v) is 4.56. The largest absolute Gasteiger partial charge is 0.508 e. The summed E-state index contributed by atoms with van der Waals surface area (Å²) in [5.74, 6) is -1.32. The van der Waals surface area contributed by atoms with E-state index in [0.29, 0.717) is 43.2 Å². The minimum absolute atomic E-state index is 0.0330. The number of phenols is 1. The average molecular weight is 543 g/mol. The summed E-state index contributed by atoms with van der Waals surface area (Å²) in [6, 6.07) is 7.34. The molecule has 2 heterocycles. The maximum Gasteiger partial charge on any atom is 0.430 e. The van der Waals surface area contributed by atoms with E-state index in [9.17, 15) is 33.0 Å². The molecule has 8 nitrogen and oxygen atoms in total. The van der Waals surface area contributed by atoms with Crippen LogP contribution in [0.25, 0.3) is 0 Å². The zero-order chi connectivity index (χ0) is 27.4. The summed E-state index contributed by atoms with van der Waals surface area (Å²) in [5.41, 5.74) is -4.19. The van der Waals surface area contributed by atoms with Crippen molar-refractivity contribution in [3.05, 3.63) is 52.7 Å². The van der Waals surface area contributed by atoms with Gasteiger partial charge in [0.25, 0.3) is 17.4 Å². The number of rotatable bonds is 8. The number of aromatic nitrogens is 1. The third-order valence-electron chi connectivity index (χ3n) is 6.49. The number of hydrogen-bond donors (Lipinski definition) is 3. The summed E-state index contributed by atoms with van der Waals surface area (Å²) < 4.78 is 40.9. The van der Waals surface area contributed by atoms with Gasteiger partial charge in [0, 0.05) is 39.3 Å². The van der Waals surface area contributed by atoms with Crippen LogP contribution in [0, 0.1) is 5.92 Å². The molecular weight excluding hydrogens is 513 g/mol. The number of carbonyl (C=O) groups is 2. The van der Waals surface area contributed by atoms with E-state index >= 15 is 0 Å². The first kappa shape index (κ1) is 28.5. The van der Waals surface area contributed by atoms with Crippen molar-refractivity contribution < 1.29 is 33.0 Å². The second-order valence-electron chi connectivity index (χ2n) is 9.29. The molecular formula is C25H30ClF3N4O4. The van der Waals surface area contributed by atoms with Crippen LogP contribution in [0.3, 0.4) is 0 Å². The Hall–Kier alpha value is -3.05. The smallest absolute Gasteiger partial charge is 0.430 e. The van der Waals surface area contributed by atoms with E-state index in [1.54, 1.807) is 26.2 Å². The number of carbonyl (C=O) groups excluding carboxylic acids is 2. The first-order valence-electron chi connectivity index (χ1n) is 11.8. The van der Waals surface area contributed by atoms with E-state index in [2.05, 4.69) is 15.2 Å². The highest BCUT2D eigenvalue weighted by Gasteiger charge is 2.60. The number of amides is 2. The van der Waals surface area contributed by atoms with Gasteiger partial charge in [-0.3, -0.25) is 9.59 Å². The first-order valence-corrected chi connectivity index (χ1v) is 12.2. The van der Waals surface area contributed by atoms with Crippen molar-refractivity contribution in [2.45, 2.75) is 37.5 Å². The first-order chi connectivity index (χ1) is 17.3. The molecule has 3 rings (SSSR count). The van der Waals surface area contributed by atoms with E-state index < -0.39 is 29.0 Å². The highest BCUT2D eigenvalue weighted by atomic mass is 35.5. The quantitative estimate of drug-likeness (QED) is 0.347. The molecule has 0 radical (unpaired) electrons. The molecule has 0 saturated carbocycles. The monoisotopic (exact) mass is 542 g/mol. The van der Waals surface area contributed by atoms with Gasteiger partial charge in [0.1, 0.15) is 16.7 Å². The molecule has 2 aromatic rings. The fourth-order valence-electron chi connectivity index (χ4n) is 4.33. The third-order valence-corrected chi connectivity index (χ3v) is 6.77. The number of halogens is 4. The second-order valence-corrected chi connectivity index (χ2v) is 9.65. The number of pyridine rings is 1. The van der Waals surface area contributed by atoms with Gasteiger partial charge in [-0.15, -0.1) is 0 Å². The lowest BCUT2D eigenvalue weighted by atomic mass is 9.91. The van der Waals surface area contributed by atoms with Gasteiger partial charge in [-0.05, 0) is 55.9 Å². The molecule has 37 heavy (non-hydrogen) atoms. The van der Waals surface area contributed by atoms with Gasteiger partial charge in [-0.2, -0.15) is 13.2 Å². The summed E-state index contributed by atoms with van der Waals surface area (Å²) in [6.07, 6.45) is -2.50. The molecule has 1 aliphatic rings. The van der Waals surface area contributed by atoms with Crippen LogP contribution in [-0.4, -0.2) is 71.8 Å². The molecule has 0 spiro atoms. The number of nitrogens with zero attached hydrogens (tertiary/aromatic N) is 3. The maximum atomic E-state index is 13.6. The van der Waals surface area contributed by atoms with Crippen molar-refractivity contribution >= 4 is 29.2 Å². The number of phenolic OH excluding ortho intramolecular Hbond substituents is 1. The molecule has 2 amide bonds. The Bertz CT molecular complexity index is 1120. The van der Waals surface area contributed by atoms with Crippen molar-refractivity contribution in [3.63, 3.8) is 0 Å². The summed E-state index contributed by atoms with van der Waals surface area (Å²) in [5, 5.41) is 22.1. The molecule has 1 fully saturated rings. The second kappa shape index (κ2) is 11.6. The summed E-state index contributed by atoms with van der Waals surface area (Å²) in [6.45, 7) is 1.37. The minimum atomic E-state index is -5.27. The number of benzene rings is 1. The van der Waals surface area contributed by atoms with E-state index in [0.717, 1.165) is 37.1 Å². The van der Waals surface area contributed by atoms with Crippen LogP contribution in [-0.2, 0) is 10.4 Å². The van der Waals surface area contributed by atoms with Crippen molar-refractivity contribution in [2.24, 2.45) is 5.92 Å². The Kier molecular flexibility index (Phi) is 8.91. The van der Waals surface area contributed by atoms with Crippen LogP contribution in [0.15, 0.2) is 36.4 Å². The Morgan fingerprint density at radius 3 is 2.43 bits per heavy atom. The van der Waals surface area contributed by atoms with E-state index in [1.807, 2.05) is 0 Å². The zero-order valence-corrected chi connectivity index (χ0v) is 21.3. The van der Waals surface area contributed by atoms with Crippen molar-refractivity contribution in [1.82, 2.24) is 15.2 Å². The van der Waals surface area contributed by atoms with Gasteiger partial charge in [0.05, 0.1) is 5.56 Å². The van der Waals surface area contributed by atoms with Crippen LogP contribution in [0.1, 0.15) is 41.6 Å². The number of anilines is 1. The third kappa shape index (κ3) is 6.45. The molecule has 202 valence electrons. The summed E-state index contributed by atoms with van der Waals surface area (Å²) >= 11 is 6.21. The van der Waals surface area contributed by atoms with Gasteiger partial charge in [0.2, 0.25) is 0 Å². The van der Waals surface area contributed by atoms with Crippen LogP contribution in [0.2, 0.25) is 5.15 Å². The number of nitrogens with one attached hydrogen (secondary N) is 1. The highest BCUT2D eigenvalue weighted by molar-refractivity contribution is 6.32. The zero-order valence-electron chi connectivity index (χ0n) is 20.6. The summed E-state index contributed by atoms with van der Waals surface area (Å²) in [7, 11) is 3.27. The molecule has 0 bridgehead atoms. The van der Waals surface area contributed by atoms with E-state index in [1.165, 1.54) is 4.90 Å². The Balaban J connectivity index is 1.49. The van der Waals surface area contributed by atoms with Crippen molar-refractivity contribution in [1.29, 1.82) is 0 Å². The van der Waals surface area contributed by atoms with Crippen LogP contribution >= 0.6 is 11.6 Å². The minimum Gasteiger partial charge on any atom is -0.508 e. The van der Waals surface area contributed by atoms with Crippen LogP contribution < -0.4 is 10.2 Å². The Morgan fingerprint density at radius 2 is 1.86 bits per heavy atom. The summed E-state index contributed by atoms with van der Waals surface area (Å²) in [4.78, 5) is 32.4. The Morgan fingerprint density at radius 1 is 1.19 bits per heavy atom. The number of piperidine rings is 1. The average Bonchev–Trinajstić information content (AvgIpc) is 2.85. The van der Waals surface area contributed by atoms with Crippen LogP contribution in [0.4, 0.5) is 19.0 Å². The predicted molar refractivity (Wildman–Crippen MR) is 133 cm³/mol. The van der Waals surface area contributed by atoms with Crippen molar-refractivity contribution in [2.75, 3.05) is 38.6 Å². The number of aromatic hydroxyl groups is 1. The molecule has 3 N–H and O–H groups in total. The molecule has 1 saturated heterocycles. The lowest BCUT2D eigenvalue weighted by Gasteiger charge is -2.33. The van der Waals surface area contributed by atoms with Gasteiger partial charge >= 0.3 is 6.18 Å². The number of alkyl halides is 3. The number of hydrogen-bond acceptors (Lipinski definition) is 6. The molecule has 1 aromatic carbocycles. The normalized spacial score (nSPS) is 16.2. The van der Waals surface area contributed by atoms with Gasteiger partial charge in [-0.25, -0.2) is 4.98 Å². The van der Waals surface area contributed by atoms with Crippen molar-refractivity contribution in [3.8, 4) is 5.75 Å². The SMILES string of the molecule is CN(C)C(=O)c1ccc(N2CCC(CCCNC(=O)[C@](O)(c3cccc(O)c3)C(F)(F)F)CC2)nc1Cl. The van der Waals surface area contributed by atoms with E-state index in [-0.39, 0.29) is 17.6 Å². The van der Waals surface area contributed by atoms with Gasteiger partial charge in [-0.1, -0.05) is 23.7 Å². The topological polar surface area (TPSA) is 106 Å².